The van der Waals surface area contributed by atoms with Gasteiger partial charge in [0.25, 0.3) is 5.91 Å². The number of aromatic carboxylic acids is 1. The Morgan fingerprint density at radius 3 is 1.67 bits per heavy atom. The van der Waals surface area contributed by atoms with E-state index in [1.165, 1.54) is 24.3 Å². The zero-order valence-corrected chi connectivity index (χ0v) is 44.8. The van der Waals surface area contributed by atoms with Gasteiger partial charge >= 0.3 is 5.97 Å². The first-order valence-electron chi connectivity index (χ1n) is 27.5. The summed E-state index contributed by atoms with van der Waals surface area (Å²) in [6, 6.07) is 13.9. The van der Waals surface area contributed by atoms with Crippen LogP contribution in [-0.4, -0.2) is 135 Å². The first kappa shape index (κ1) is 55.0. The molecule has 9 heterocycles. The Hall–Kier alpha value is -7.36. The maximum absolute atomic E-state index is 13.5. The number of aryl methyl sites for hydroxylation is 2. The minimum absolute atomic E-state index is 0.0453. The Labute approximate surface area is 456 Å². The summed E-state index contributed by atoms with van der Waals surface area (Å²) in [6.45, 7) is 15.1. The normalized spacial score (nSPS) is 16.3. The number of piperazine rings is 2. The molecule has 418 valence electrons. The zero-order valence-electron chi connectivity index (χ0n) is 44.8. The van der Waals surface area contributed by atoms with E-state index >= 15 is 0 Å². The zero-order chi connectivity index (χ0) is 55.2. The van der Waals surface area contributed by atoms with Crippen LogP contribution in [0.25, 0.3) is 22.1 Å². The second kappa shape index (κ2) is 24.8. The van der Waals surface area contributed by atoms with Gasteiger partial charge in [0.15, 0.2) is 34.8 Å². The second-order valence-electron chi connectivity index (χ2n) is 21.1. The van der Waals surface area contributed by atoms with Crippen LogP contribution in [0.1, 0.15) is 88.3 Å². The number of hydrogen-bond acceptors (Lipinski definition) is 13. The third-order valence-electron chi connectivity index (χ3n) is 15.4. The summed E-state index contributed by atoms with van der Waals surface area (Å²) in [5.41, 5.74) is 14.0. The Balaban J connectivity index is 0.000000150. The number of carbonyl (C=O) groups excluding carboxylic acids is 1. The standard InChI is InChI=1S/C27H34F2N6O.C23H25F2N5O2.C8H9NO2/c1-18(2)16-30-26(36)24-22-5-3-4-9-35(22)23-17-31-27(32-25(23)24)34-13-11-33(12-14-34)10-8-19-6-7-20(28)21(29)15-19;24-16-5-4-15(13-17(16)25)6-8-28-9-11-29(12-10-28)23-26-14-19-21(27-23)20(22(31)32)18-3-1-2-7-30(18)19;9-4-6-2-1-3-7-8(6)11-5-10-7/h6-7,15,17-18H,3-5,8-14,16H2,1-2H3,(H,30,36);4-5,13-14H,1-3,6-12H2,(H,31,32);1-3H,4-5,9H2. The molecule has 79 heavy (non-hydrogen) atoms. The number of amides is 1. The summed E-state index contributed by atoms with van der Waals surface area (Å²) in [6.07, 6.45) is 10.8. The molecule has 17 nitrogen and oxygen atoms in total. The van der Waals surface area contributed by atoms with Crippen molar-refractivity contribution in [2.45, 2.75) is 84.8 Å². The van der Waals surface area contributed by atoms with Crippen LogP contribution in [0.5, 0.6) is 11.5 Å². The molecular formula is C58H68F4N12O5. The van der Waals surface area contributed by atoms with Crippen LogP contribution in [-0.2, 0) is 45.3 Å². The van der Waals surface area contributed by atoms with Crippen LogP contribution in [0.15, 0.2) is 67.0 Å². The predicted octanol–water partition coefficient (Wildman–Crippen LogP) is 7.78. The van der Waals surface area contributed by atoms with Crippen LogP contribution in [0, 0.1) is 29.2 Å². The monoisotopic (exact) mass is 1090 g/mol. The number of nitrogens with two attached hydrogens (primary N) is 1. The number of halogens is 4. The SMILES string of the molecule is CC(C)CNC(=O)c1c2n(c3cnc(N4CCN(CCc5ccc(F)c(F)c5)CC4)nc13)CCCC2.NCc1cccc2c1OCO2.O=C(O)c1c2n(c3cnc(N4CCN(CCc5ccc(F)c(F)c5)CC4)nc13)CCCC2. The Morgan fingerprint density at radius 1 is 0.658 bits per heavy atom. The van der Waals surface area contributed by atoms with Crippen molar-refractivity contribution in [2.75, 3.05) is 88.6 Å². The maximum atomic E-state index is 13.5. The molecule has 2 saturated heterocycles. The van der Waals surface area contributed by atoms with Crippen molar-refractivity contribution in [1.82, 2.24) is 44.2 Å². The molecule has 0 bridgehead atoms. The summed E-state index contributed by atoms with van der Waals surface area (Å²) in [5.74, 6) is -1.03. The van der Waals surface area contributed by atoms with E-state index in [1.54, 1.807) is 18.3 Å². The smallest absolute Gasteiger partial charge is 0.339 e. The molecule has 7 aromatic rings. The molecule has 0 atom stereocenters. The highest BCUT2D eigenvalue weighted by Crippen LogP contribution is 2.35. The summed E-state index contributed by atoms with van der Waals surface area (Å²) in [7, 11) is 0. The molecule has 21 heteroatoms. The van der Waals surface area contributed by atoms with Gasteiger partial charge in [-0.3, -0.25) is 14.6 Å². The van der Waals surface area contributed by atoms with Crippen molar-refractivity contribution in [3.05, 3.63) is 129 Å². The minimum Gasteiger partial charge on any atom is -0.478 e. The predicted molar refractivity (Wildman–Crippen MR) is 293 cm³/mol. The van der Waals surface area contributed by atoms with Crippen LogP contribution in [0.4, 0.5) is 29.5 Å². The number of nitrogens with one attached hydrogen (secondary N) is 1. The molecule has 4 aromatic heterocycles. The van der Waals surface area contributed by atoms with Gasteiger partial charge < -0.3 is 44.6 Å². The number of carboxylic acids is 1. The second-order valence-corrected chi connectivity index (χ2v) is 21.1. The van der Waals surface area contributed by atoms with Crippen molar-refractivity contribution in [2.24, 2.45) is 11.7 Å². The average molecular weight is 1090 g/mol. The number of carbonyl (C=O) groups is 2. The van der Waals surface area contributed by atoms with Gasteiger partial charge in [-0.25, -0.2) is 42.3 Å². The quantitative estimate of drug-likeness (QED) is 0.0951. The average Bonchev–Trinajstić information content (AvgIpc) is 4.37. The van der Waals surface area contributed by atoms with Crippen LogP contribution in [0.2, 0.25) is 0 Å². The maximum Gasteiger partial charge on any atom is 0.339 e. The summed E-state index contributed by atoms with van der Waals surface area (Å²) in [4.78, 5) is 52.9. The molecular weight excluding hydrogens is 1020 g/mol. The Morgan fingerprint density at radius 2 is 1.18 bits per heavy atom. The fraction of sp³-hybridized carbons (Fsp3) is 0.448. The molecule has 1 amide bonds. The highest BCUT2D eigenvalue weighted by molar-refractivity contribution is 6.07. The number of carboxylic acid groups (broad SMARTS) is 1. The minimum atomic E-state index is -0.933. The molecule has 12 rings (SSSR count). The first-order chi connectivity index (χ1) is 38.3. The number of hydrogen-bond donors (Lipinski definition) is 3. The topological polar surface area (TPSA) is 185 Å². The summed E-state index contributed by atoms with van der Waals surface area (Å²) in [5, 5.41) is 12.9. The van der Waals surface area contributed by atoms with Crippen LogP contribution >= 0.6 is 0 Å². The van der Waals surface area contributed by atoms with Gasteiger partial charge in [0.1, 0.15) is 16.6 Å². The highest BCUT2D eigenvalue weighted by atomic mass is 19.2. The van der Waals surface area contributed by atoms with E-state index in [9.17, 15) is 32.3 Å². The molecule has 0 unspecified atom stereocenters. The highest BCUT2D eigenvalue weighted by Gasteiger charge is 2.30. The van der Waals surface area contributed by atoms with Crippen molar-refractivity contribution in [1.29, 1.82) is 0 Å². The molecule has 0 radical (unpaired) electrons. The number of rotatable bonds is 13. The molecule has 0 saturated carbocycles. The number of aromatic nitrogens is 6. The van der Waals surface area contributed by atoms with E-state index < -0.39 is 29.2 Å². The molecule has 2 fully saturated rings. The van der Waals surface area contributed by atoms with Crippen LogP contribution < -0.4 is 30.3 Å². The fourth-order valence-corrected chi connectivity index (χ4v) is 11.1. The van der Waals surface area contributed by atoms with E-state index in [0.717, 1.165) is 173 Å². The number of fused-ring (bicyclic) bond motifs is 7. The third-order valence-corrected chi connectivity index (χ3v) is 15.4. The van der Waals surface area contributed by atoms with Crippen molar-refractivity contribution in [3.63, 3.8) is 0 Å². The van der Waals surface area contributed by atoms with Gasteiger partial charge in [0.2, 0.25) is 18.7 Å². The van der Waals surface area contributed by atoms with Crippen molar-refractivity contribution >= 4 is 45.8 Å². The van der Waals surface area contributed by atoms with E-state index in [2.05, 4.69) is 62.9 Å². The van der Waals surface area contributed by atoms with Gasteiger partial charge in [-0.1, -0.05) is 38.1 Å². The largest absolute Gasteiger partial charge is 0.478 e. The number of ether oxygens (including phenoxy) is 2. The Bertz CT molecular complexity index is 3320. The molecule has 0 spiro atoms. The summed E-state index contributed by atoms with van der Waals surface area (Å²) >= 11 is 0. The van der Waals surface area contributed by atoms with E-state index in [-0.39, 0.29) is 5.91 Å². The van der Waals surface area contributed by atoms with Gasteiger partial charge in [-0.2, -0.15) is 0 Å². The van der Waals surface area contributed by atoms with Gasteiger partial charge in [-0.15, -0.1) is 0 Å². The number of nitrogens with zero attached hydrogens (tertiary/aromatic N) is 10. The third kappa shape index (κ3) is 12.4. The lowest BCUT2D eigenvalue weighted by Crippen LogP contribution is -2.47. The molecule has 0 aliphatic carbocycles. The Kier molecular flexibility index (Phi) is 17.2. The lowest BCUT2D eigenvalue weighted by atomic mass is 10.1. The molecule has 5 aliphatic heterocycles. The first-order valence-corrected chi connectivity index (χ1v) is 27.5. The molecule has 4 N–H and O–H groups in total. The molecule has 3 aromatic carbocycles. The van der Waals surface area contributed by atoms with E-state index in [4.69, 9.17) is 20.2 Å². The fourth-order valence-electron chi connectivity index (χ4n) is 11.1. The molecule has 5 aliphatic rings. The van der Waals surface area contributed by atoms with Crippen LogP contribution in [0.3, 0.4) is 0 Å². The lowest BCUT2D eigenvalue weighted by molar-refractivity contribution is 0.0696. The van der Waals surface area contributed by atoms with Crippen molar-refractivity contribution < 1.29 is 41.7 Å². The van der Waals surface area contributed by atoms with Gasteiger partial charge in [0, 0.05) is 109 Å². The number of anilines is 2. The van der Waals surface area contributed by atoms with Gasteiger partial charge in [0.05, 0.1) is 29.0 Å². The van der Waals surface area contributed by atoms with Gasteiger partial charge in [-0.05, 0) is 98.7 Å². The number of para-hydroxylation sites is 1. The summed E-state index contributed by atoms with van der Waals surface area (Å²) < 4.78 is 67.8. The lowest BCUT2D eigenvalue weighted by Gasteiger charge is -2.34. The van der Waals surface area contributed by atoms with E-state index in [0.29, 0.717) is 67.2 Å². The van der Waals surface area contributed by atoms with E-state index in [1.807, 2.05) is 24.4 Å². The number of benzene rings is 3. The van der Waals surface area contributed by atoms with Crippen molar-refractivity contribution in [3.8, 4) is 11.5 Å².